The van der Waals surface area contributed by atoms with Crippen molar-refractivity contribution in [3.05, 3.63) is 28.5 Å². The van der Waals surface area contributed by atoms with Gasteiger partial charge in [-0.1, -0.05) is 50.1 Å². The molecule has 5 rings (SSSR count). The molecule has 10 heteroatoms. The van der Waals surface area contributed by atoms with E-state index in [1.54, 1.807) is 4.90 Å². The molecule has 4 aliphatic rings. The number of anilines is 1. The predicted octanol–water partition coefficient (Wildman–Crippen LogP) is 5.62. The van der Waals surface area contributed by atoms with Crippen molar-refractivity contribution in [1.82, 2.24) is 15.1 Å². The van der Waals surface area contributed by atoms with Crippen LogP contribution in [0, 0.1) is 5.82 Å². The molecular weight excluding hydrogens is 499 g/mol. The number of fused-ring (bicyclic) bond motifs is 1. The molecule has 2 aliphatic carbocycles. The van der Waals surface area contributed by atoms with Crippen LogP contribution in [-0.4, -0.2) is 58.3 Å². The van der Waals surface area contributed by atoms with Gasteiger partial charge in [-0.2, -0.15) is 0 Å². The molecule has 2 saturated carbocycles. The van der Waals surface area contributed by atoms with Gasteiger partial charge in [-0.05, 0) is 50.7 Å². The van der Waals surface area contributed by atoms with Gasteiger partial charge in [0.1, 0.15) is 5.82 Å². The Balaban J connectivity index is 1.46. The predicted molar refractivity (Wildman–Crippen MR) is 137 cm³/mol. The zero-order chi connectivity index (χ0) is 26.1. The van der Waals surface area contributed by atoms with E-state index in [0.717, 1.165) is 81.2 Å². The normalized spacial score (nSPS) is 23.2. The summed E-state index contributed by atoms with van der Waals surface area (Å²) in [7, 11) is 0. The summed E-state index contributed by atoms with van der Waals surface area (Å²) >= 11 is 6.36. The molecule has 0 radical (unpaired) electrons. The number of nitrogens with zero attached hydrogens (tertiary/aromatic N) is 3. The van der Waals surface area contributed by atoms with Crippen LogP contribution >= 0.6 is 11.6 Å². The summed E-state index contributed by atoms with van der Waals surface area (Å²) in [5.41, 5.74) is -0.393. The minimum Gasteiger partial charge on any atom is -0.335 e. The topological polar surface area (TPSA) is 90.0 Å². The van der Waals surface area contributed by atoms with Crippen molar-refractivity contribution in [2.45, 2.75) is 102 Å². The Labute approximate surface area is 221 Å². The number of rotatable bonds is 4. The van der Waals surface area contributed by atoms with E-state index in [1.165, 1.54) is 4.90 Å². The highest BCUT2D eigenvalue weighted by molar-refractivity contribution is 6.34. The Kier molecular flexibility index (Phi) is 7.70. The van der Waals surface area contributed by atoms with E-state index in [1.807, 2.05) is 0 Å². The van der Waals surface area contributed by atoms with Gasteiger partial charge in [-0.3, -0.25) is 14.5 Å². The minimum absolute atomic E-state index is 0.0105. The maximum atomic E-state index is 15.1. The molecule has 1 N–H and O–H groups in total. The molecule has 2 heterocycles. The summed E-state index contributed by atoms with van der Waals surface area (Å²) in [4.78, 5) is 57.0. The summed E-state index contributed by atoms with van der Waals surface area (Å²) in [6.45, 7) is 0.505. The lowest BCUT2D eigenvalue weighted by molar-refractivity contribution is -0.120. The van der Waals surface area contributed by atoms with Gasteiger partial charge in [-0.25, -0.2) is 18.9 Å². The zero-order valence-corrected chi connectivity index (χ0v) is 21.8. The maximum absolute atomic E-state index is 15.1. The number of nitrogens with one attached hydrogen (secondary N) is 1. The van der Waals surface area contributed by atoms with E-state index in [4.69, 9.17) is 11.6 Å². The summed E-state index contributed by atoms with van der Waals surface area (Å²) in [5.74, 6) is -2.01. The van der Waals surface area contributed by atoms with Crippen LogP contribution < -0.4 is 10.2 Å². The first-order chi connectivity index (χ1) is 17.8. The summed E-state index contributed by atoms with van der Waals surface area (Å²) in [5, 5.41) is 2.88. The van der Waals surface area contributed by atoms with Crippen LogP contribution in [0.3, 0.4) is 0 Å². The highest BCUT2D eigenvalue weighted by atomic mass is 35.5. The molecule has 200 valence electrons. The molecule has 2 aliphatic heterocycles. The fraction of sp³-hybridized carbons (Fsp3) is 0.630. The molecular formula is C27H34ClFN4O4. The van der Waals surface area contributed by atoms with Crippen molar-refractivity contribution in [2.75, 3.05) is 11.4 Å². The van der Waals surface area contributed by atoms with Gasteiger partial charge >= 0.3 is 12.1 Å². The third kappa shape index (κ3) is 5.19. The average Bonchev–Trinajstić information content (AvgIpc) is 3.35. The zero-order valence-electron chi connectivity index (χ0n) is 21.0. The first-order valence-corrected chi connectivity index (χ1v) is 14.0. The molecule has 1 atom stereocenters. The molecule has 2 saturated heterocycles. The van der Waals surface area contributed by atoms with Crippen LogP contribution in [0.4, 0.5) is 19.7 Å². The summed E-state index contributed by atoms with van der Waals surface area (Å²) in [6, 6.07) is 0.620. The first kappa shape index (κ1) is 25.9. The van der Waals surface area contributed by atoms with Gasteiger partial charge in [-0.15, -0.1) is 0 Å². The summed E-state index contributed by atoms with van der Waals surface area (Å²) < 4.78 is 15.1. The van der Waals surface area contributed by atoms with Gasteiger partial charge in [0.2, 0.25) is 5.91 Å². The lowest BCUT2D eigenvalue weighted by atomic mass is 9.93. The monoisotopic (exact) mass is 532 g/mol. The SMILES string of the molecule is O=C1CC2CCCN2C(=O)N1c1cc(C(=O)N(C(=O)NC2CCCCC2)C2CCCCC2)c(Cl)cc1F. The van der Waals surface area contributed by atoms with Gasteiger partial charge in [0.05, 0.1) is 16.3 Å². The number of carbonyl (C=O) groups is 4. The molecule has 0 spiro atoms. The highest BCUT2D eigenvalue weighted by Gasteiger charge is 2.43. The smallest absolute Gasteiger partial charge is 0.331 e. The fourth-order valence-corrected chi connectivity index (χ4v) is 6.55. The molecule has 1 unspecified atom stereocenters. The van der Waals surface area contributed by atoms with Gasteiger partial charge < -0.3 is 10.2 Å². The van der Waals surface area contributed by atoms with Crippen LogP contribution in [0.15, 0.2) is 12.1 Å². The Hall–Kier alpha value is -2.68. The average molecular weight is 533 g/mol. The first-order valence-electron chi connectivity index (χ1n) is 13.6. The number of urea groups is 2. The number of imide groups is 2. The fourth-order valence-electron chi connectivity index (χ4n) is 6.32. The summed E-state index contributed by atoms with van der Waals surface area (Å²) in [6.07, 6.45) is 10.8. The van der Waals surface area contributed by atoms with Gasteiger partial charge in [0, 0.05) is 31.1 Å². The third-order valence-electron chi connectivity index (χ3n) is 8.29. The van der Waals surface area contributed by atoms with E-state index in [-0.39, 0.29) is 40.8 Å². The second kappa shape index (κ2) is 11.0. The van der Waals surface area contributed by atoms with Crippen LogP contribution in [-0.2, 0) is 4.79 Å². The van der Waals surface area contributed by atoms with E-state index in [9.17, 15) is 19.2 Å². The van der Waals surface area contributed by atoms with Crippen LogP contribution in [0.25, 0.3) is 0 Å². The van der Waals surface area contributed by atoms with Crippen molar-refractivity contribution in [2.24, 2.45) is 0 Å². The van der Waals surface area contributed by atoms with Crippen LogP contribution in [0.2, 0.25) is 5.02 Å². The number of amides is 6. The second-order valence-electron chi connectivity index (χ2n) is 10.7. The lowest BCUT2D eigenvalue weighted by Gasteiger charge is -2.37. The number of halogens is 2. The number of benzene rings is 1. The molecule has 4 fully saturated rings. The largest absolute Gasteiger partial charge is 0.335 e. The Morgan fingerprint density at radius 2 is 1.62 bits per heavy atom. The Morgan fingerprint density at radius 1 is 0.946 bits per heavy atom. The molecule has 0 bridgehead atoms. The number of hydrogen-bond donors (Lipinski definition) is 1. The number of carbonyl (C=O) groups excluding carboxylic acids is 4. The lowest BCUT2D eigenvalue weighted by Crippen LogP contribution is -2.55. The second-order valence-corrected chi connectivity index (χ2v) is 11.1. The highest BCUT2D eigenvalue weighted by Crippen LogP contribution is 2.35. The molecule has 6 amide bonds. The molecule has 0 aromatic heterocycles. The van der Waals surface area contributed by atoms with Crippen LogP contribution in [0.1, 0.15) is 93.8 Å². The Morgan fingerprint density at radius 3 is 2.32 bits per heavy atom. The van der Waals surface area contributed by atoms with Crippen molar-refractivity contribution >= 4 is 41.2 Å². The van der Waals surface area contributed by atoms with E-state index in [2.05, 4.69) is 5.32 Å². The number of hydrogen-bond acceptors (Lipinski definition) is 4. The standard InChI is InChI=1S/C27H34ClFN4O4/c28-21-16-22(29)23(33-24(34)14-19-12-7-13-31(19)27(33)37)15-20(21)25(35)32(18-10-5-2-6-11-18)26(36)30-17-8-3-1-4-9-17/h15-19H,1-14H2,(H,30,36). The quantitative estimate of drug-likeness (QED) is 0.545. The van der Waals surface area contributed by atoms with Crippen LogP contribution in [0.5, 0.6) is 0 Å². The molecule has 8 nitrogen and oxygen atoms in total. The molecule has 1 aromatic carbocycles. The van der Waals surface area contributed by atoms with E-state index in [0.29, 0.717) is 19.4 Å². The maximum Gasteiger partial charge on any atom is 0.331 e. The van der Waals surface area contributed by atoms with Crippen molar-refractivity contribution in [3.8, 4) is 0 Å². The van der Waals surface area contributed by atoms with E-state index >= 15 is 4.39 Å². The third-order valence-corrected chi connectivity index (χ3v) is 8.60. The minimum atomic E-state index is -0.864. The van der Waals surface area contributed by atoms with Crippen molar-refractivity contribution < 1.29 is 23.6 Å². The Bertz CT molecular complexity index is 1090. The van der Waals surface area contributed by atoms with Gasteiger partial charge in [0.25, 0.3) is 5.91 Å². The van der Waals surface area contributed by atoms with E-state index < -0.39 is 29.7 Å². The molecule has 1 aromatic rings. The van der Waals surface area contributed by atoms with Gasteiger partial charge in [0.15, 0.2) is 0 Å². The molecule has 37 heavy (non-hydrogen) atoms. The van der Waals surface area contributed by atoms with Crippen molar-refractivity contribution in [1.29, 1.82) is 0 Å². The van der Waals surface area contributed by atoms with Crippen molar-refractivity contribution in [3.63, 3.8) is 0 Å².